The standard InChI is InChI=1S/C16H22N4S/c1-13(21-20-15-10-6-3-7-11-15)19-16(12-18-17)14-8-4-2-5-9-14/h2,4-5,8-9,12,15,20H,1,3,6-7,10-11,17H2/b18-12-,19-16?. The highest BCUT2D eigenvalue weighted by atomic mass is 32.2. The predicted octanol–water partition coefficient (Wildman–Crippen LogP) is 3.46. The first-order valence-corrected chi connectivity index (χ1v) is 8.10. The Morgan fingerprint density at radius 3 is 2.62 bits per heavy atom. The molecule has 0 heterocycles. The van der Waals surface area contributed by atoms with Crippen LogP contribution in [0.4, 0.5) is 0 Å². The summed E-state index contributed by atoms with van der Waals surface area (Å²) in [5.41, 5.74) is 1.70. The van der Waals surface area contributed by atoms with E-state index in [1.807, 2.05) is 30.3 Å². The maximum absolute atomic E-state index is 5.27. The van der Waals surface area contributed by atoms with E-state index in [2.05, 4.69) is 21.4 Å². The van der Waals surface area contributed by atoms with Gasteiger partial charge in [0.15, 0.2) is 0 Å². The van der Waals surface area contributed by atoms with Crippen molar-refractivity contribution in [2.24, 2.45) is 15.9 Å². The third kappa shape index (κ3) is 5.36. The highest BCUT2D eigenvalue weighted by molar-refractivity contribution is 8.01. The van der Waals surface area contributed by atoms with Crippen LogP contribution >= 0.6 is 11.9 Å². The van der Waals surface area contributed by atoms with E-state index in [0.717, 1.165) is 16.3 Å². The normalized spacial score (nSPS) is 17.2. The number of hydrogen-bond acceptors (Lipinski definition) is 5. The molecule has 1 fully saturated rings. The molecule has 1 aromatic rings. The molecule has 0 spiro atoms. The lowest BCUT2D eigenvalue weighted by molar-refractivity contribution is 0.424. The van der Waals surface area contributed by atoms with Crippen LogP contribution < -0.4 is 10.6 Å². The van der Waals surface area contributed by atoms with Gasteiger partial charge in [0.2, 0.25) is 0 Å². The van der Waals surface area contributed by atoms with Crippen molar-refractivity contribution in [1.82, 2.24) is 4.72 Å². The molecule has 1 aromatic carbocycles. The SMILES string of the molecule is C=C(N=C(/C=N\N)c1ccccc1)SNC1CCCCC1. The Labute approximate surface area is 130 Å². The van der Waals surface area contributed by atoms with Crippen molar-refractivity contribution in [1.29, 1.82) is 0 Å². The summed E-state index contributed by atoms with van der Waals surface area (Å²) >= 11 is 1.50. The molecule has 0 aliphatic heterocycles. The summed E-state index contributed by atoms with van der Waals surface area (Å²) in [5.74, 6) is 5.27. The number of aliphatic imine (C=N–C) groups is 1. The van der Waals surface area contributed by atoms with Crippen LogP contribution in [-0.4, -0.2) is 18.0 Å². The van der Waals surface area contributed by atoms with Crippen LogP contribution in [0.2, 0.25) is 0 Å². The van der Waals surface area contributed by atoms with Gasteiger partial charge in [0, 0.05) is 11.6 Å². The molecule has 0 aromatic heterocycles. The molecule has 0 amide bonds. The van der Waals surface area contributed by atoms with Crippen LogP contribution in [0.25, 0.3) is 0 Å². The minimum absolute atomic E-state index is 0.569. The molecule has 112 valence electrons. The lowest BCUT2D eigenvalue weighted by Crippen LogP contribution is -2.25. The number of benzene rings is 1. The zero-order valence-electron chi connectivity index (χ0n) is 12.2. The van der Waals surface area contributed by atoms with Gasteiger partial charge in [-0.1, -0.05) is 56.2 Å². The highest BCUT2D eigenvalue weighted by Gasteiger charge is 2.13. The highest BCUT2D eigenvalue weighted by Crippen LogP contribution is 2.22. The molecule has 0 atom stereocenters. The summed E-state index contributed by atoms with van der Waals surface area (Å²) < 4.78 is 3.45. The van der Waals surface area contributed by atoms with Crippen molar-refractivity contribution in [3.05, 3.63) is 47.5 Å². The Morgan fingerprint density at radius 2 is 1.95 bits per heavy atom. The summed E-state index contributed by atoms with van der Waals surface area (Å²) in [4.78, 5) is 4.51. The van der Waals surface area contributed by atoms with E-state index >= 15 is 0 Å². The van der Waals surface area contributed by atoms with Crippen LogP contribution in [0.3, 0.4) is 0 Å². The van der Waals surface area contributed by atoms with Crippen molar-refractivity contribution in [3.8, 4) is 0 Å². The van der Waals surface area contributed by atoms with Crippen molar-refractivity contribution in [3.63, 3.8) is 0 Å². The average Bonchev–Trinajstić information content (AvgIpc) is 2.54. The van der Waals surface area contributed by atoms with E-state index in [-0.39, 0.29) is 0 Å². The van der Waals surface area contributed by atoms with E-state index in [1.165, 1.54) is 44.1 Å². The molecule has 1 aliphatic rings. The Balaban J connectivity index is 1.95. The van der Waals surface area contributed by atoms with Crippen molar-refractivity contribution >= 4 is 23.9 Å². The fourth-order valence-electron chi connectivity index (χ4n) is 2.38. The first kappa shape index (κ1) is 15.8. The van der Waals surface area contributed by atoms with E-state index in [4.69, 9.17) is 5.84 Å². The second-order valence-electron chi connectivity index (χ2n) is 5.09. The quantitative estimate of drug-likeness (QED) is 0.366. The van der Waals surface area contributed by atoms with Gasteiger partial charge in [0.1, 0.15) is 5.03 Å². The minimum atomic E-state index is 0.569. The molecule has 0 radical (unpaired) electrons. The molecule has 21 heavy (non-hydrogen) atoms. The number of rotatable bonds is 6. The summed E-state index contributed by atoms with van der Waals surface area (Å²) in [6.07, 6.45) is 8.00. The summed E-state index contributed by atoms with van der Waals surface area (Å²) in [7, 11) is 0. The van der Waals surface area contributed by atoms with Gasteiger partial charge in [-0.05, 0) is 24.8 Å². The Kier molecular flexibility index (Phi) is 6.50. The summed E-state index contributed by atoms with van der Waals surface area (Å²) in [6, 6.07) is 10.4. The molecule has 0 saturated heterocycles. The van der Waals surface area contributed by atoms with Crippen LogP contribution in [0.1, 0.15) is 37.7 Å². The largest absolute Gasteiger partial charge is 0.323 e. The monoisotopic (exact) mass is 302 g/mol. The van der Waals surface area contributed by atoms with Gasteiger partial charge in [-0.2, -0.15) is 5.10 Å². The zero-order valence-corrected chi connectivity index (χ0v) is 13.0. The third-order valence-electron chi connectivity index (χ3n) is 3.46. The van der Waals surface area contributed by atoms with Crippen LogP contribution in [0.15, 0.2) is 52.0 Å². The van der Waals surface area contributed by atoms with Gasteiger partial charge < -0.3 is 5.84 Å². The number of nitrogens with two attached hydrogens (primary N) is 1. The fourth-order valence-corrected chi connectivity index (χ4v) is 3.06. The number of hydrazone groups is 1. The van der Waals surface area contributed by atoms with Gasteiger partial charge in [-0.3, -0.25) is 4.72 Å². The van der Waals surface area contributed by atoms with E-state index in [0.29, 0.717) is 6.04 Å². The molecular formula is C16H22N4S. The van der Waals surface area contributed by atoms with Gasteiger partial charge in [0.25, 0.3) is 0 Å². The van der Waals surface area contributed by atoms with Crippen LogP contribution in [0.5, 0.6) is 0 Å². The predicted molar refractivity (Wildman–Crippen MR) is 92.4 cm³/mol. The molecule has 0 unspecified atom stereocenters. The smallest absolute Gasteiger partial charge is 0.105 e. The maximum Gasteiger partial charge on any atom is 0.105 e. The Bertz CT molecular complexity index is 504. The van der Waals surface area contributed by atoms with Gasteiger partial charge in [-0.25, -0.2) is 4.99 Å². The second-order valence-corrected chi connectivity index (χ2v) is 6.00. The van der Waals surface area contributed by atoms with E-state index < -0.39 is 0 Å². The van der Waals surface area contributed by atoms with Crippen LogP contribution in [0, 0.1) is 0 Å². The zero-order chi connectivity index (χ0) is 14.9. The average molecular weight is 302 g/mol. The summed E-state index contributed by atoms with van der Waals surface area (Å²) in [6.45, 7) is 4.00. The van der Waals surface area contributed by atoms with Gasteiger partial charge in [-0.15, -0.1) is 0 Å². The molecule has 5 heteroatoms. The second kappa shape index (κ2) is 8.64. The van der Waals surface area contributed by atoms with E-state index in [1.54, 1.807) is 6.21 Å². The maximum atomic E-state index is 5.27. The topological polar surface area (TPSA) is 62.8 Å². The molecule has 0 bridgehead atoms. The first-order chi connectivity index (χ1) is 10.3. The molecule has 4 nitrogen and oxygen atoms in total. The fraction of sp³-hybridized carbons (Fsp3) is 0.375. The van der Waals surface area contributed by atoms with Crippen molar-refractivity contribution in [2.75, 3.05) is 0 Å². The van der Waals surface area contributed by atoms with Crippen LogP contribution in [-0.2, 0) is 0 Å². The molecule has 1 aliphatic carbocycles. The Morgan fingerprint density at radius 1 is 1.24 bits per heavy atom. The van der Waals surface area contributed by atoms with Gasteiger partial charge in [0.05, 0.1) is 11.9 Å². The molecular weight excluding hydrogens is 280 g/mol. The minimum Gasteiger partial charge on any atom is -0.323 e. The summed E-state index contributed by atoms with van der Waals surface area (Å²) in [5, 5.41) is 4.31. The Hall–Kier alpha value is -1.59. The molecule has 1 saturated carbocycles. The number of nitrogens with zero attached hydrogens (tertiary/aromatic N) is 2. The van der Waals surface area contributed by atoms with Gasteiger partial charge >= 0.3 is 0 Å². The molecule has 2 rings (SSSR count). The van der Waals surface area contributed by atoms with Crippen molar-refractivity contribution in [2.45, 2.75) is 38.1 Å². The first-order valence-electron chi connectivity index (χ1n) is 7.28. The van der Waals surface area contributed by atoms with E-state index in [9.17, 15) is 0 Å². The third-order valence-corrected chi connectivity index (χ3v) is 4.24. The van der Waals surface area contributed by atoms with Crippen molar-refractivity contribution < 1.29 is 0 Å². The lowest BCUT2D eigenvalue weighted by Gasteiger charge is -2.21. The lowest BCUT2D eigenvalue weighted by atomic mass is 9.96. The molecule has 3 N–H and O–H groups in total. The number of nitrogens with one attached hydrogen (secondary N) is 1. The number of hydrogen-bond donors (Lipinski definition) is 2.